The molecule has 7 heteroatoms. The largest absolute Gasteiger partial charge is 0.368 e. The molecule has 0 saturated carbocycles. The summed E-state index contributed by atoms with van der Waals surface area (Å²) >= 11 is 9.70. The fourth-order valence-corrected chi connectivity index (χ4v) is 3.41. The number of halogens is 2. The molecule has 5 nitrogen and oxygen atoms in total. The predicted molar refractivity (Wildman–Crippen MR) is 102 cm³/mol. The van der Waals surface area contributed by atoms with Crippen LogP contribution in [0.4, 0.5) is 5.69 Å². The molecule has 0 spiro atoms. The highest BCUT2D eigenvalue weighted by molar-refractivity contribution is 9.10. The number of nitrogens with one attached hydrogen (secondary N) is 2. The van der Waals surface area contributed by atoms with Gasteiger partial charge in [-0.1, -0.05) is 27.5 Å². The summed E-state index contributed by atoms with van der Waals surface area (Å²) in [5.41, 5.74) is 3.21. The summed E-state index contributed by atoms with van der Waals surface area (Å²) in [7, 11) is 0. The van der Waals surface area contributed by atoms with Crippen molar-refractivity contribution in [2.75, 3.05) is 11.9 Å². The number of imidazole rings is 1. The zero-order valence-corrected chi connectivity index (χ0v) is 15.5. The van der Waals surface area contributed by atoms with Crippen LogP contribution in [0.5, 0.6) is 0 Å². The molecule has 128 valence electrons. The molecule has 25 heavy (non-hydrogen) atoms. The number of carbonyl (C=O) groups is 1. The first kappa shape index (κ1) is 16.6. The number of hydrogen-bond donors (Lipinski definition) is 2. The topological polar surface area (TPSA) is 67.0 Å². The van der Waals surface area contributed by atoms with Gasteiger partial charge < -0.3 is 15.0 Å². The van der Waals surface area contributed by atoms with Gasteiger partial charge in [-0.2, -0.15) is 0 Å². The second kappa shape index (κ2) is 6.78. The van der Waals surface area contributed by atoms with Gasteiger partial charge in [0, 0.05) is 16.6 Å². The monoisotopic (exact) mass is 419 g/mol. The molecule has 1 fully saturated rings. The zero-order valence-electron chi connectivity index (χ0n) is 13.2. The predicted octanol–water partition coefficient (Wildman–Crippen LogP) is 4.76. The zero-order chi connectivity index (χ0) is 17.4. The van der Waals surface area contributed by atoms with Crippen LogP contribution in [0.1, 0.15) is 12.8 Å². The van der Waals surface area contributed by atoms with Crippen molar-refractivity contribution in [3.63, 3.8) is 0 Å². The van der Waals surface area contributed by atoms with Crippen molar-refractivity contribution >= 4 is 50.2 Å². The SMILES string of the molecule is O=C(Nc1cc(-c2nc3ccc(Br)cc3[nH]2)ccc1Cl)[C@@H]1CCCO1. The number of carbonyl (C=O) groups excluding carboxylic acids is 1. The third-order valence-electron chi connectivity index (χ3n) is 4.16. The first-order valence-electron chi connectivity index (χ1n) is 7.98. The molecular formula is C18H15BrClN3O2. The van der Waals surface area contributed by atoms with E-state index in [-0.39, 0.29) is 5.91 Å². The van der Waals surface area contributed by atoms with E-state index >= 15 is 0 Å². The molecule has 1 aliphatic heterocycles. The molecular weight excluding hydrogens is 406 g/mol. The molecule has 0 bridgehead atoms. The number of benzene rings is 2. The minimum atomic E-state index is -0.400. The van der Waals surface area contributed by atoms with Crippen molar-refractivity contribution in [1.29, 1.82) is 0 Å². The number of rotatable bonds is 3. The molecule has 4 rings (SSSR count). The van der Waals surface area contributed by atoms with Crippen molar-refractivity contribution in [2.24, 2.45) is 0 Å². The van der Waals surface area contributed by atoms with Gasteiger partial charge in [0.1, 0.15) is 11.9 Å². The Hall–Kier alpha value is -1.89. The molecule has 1 amide bonds. The smallest absolute Gasteiger partial charge is 0.253 e. The van der Waals surface area contributed by atoms with Crippen molar-refractivity contribution < 1.29 is 9.53 Å². The minimum Gasteiger partial charge on any atom is -0.368 e. The minimum absolute atomic E-state index is 0.162. The summed E-state index contributed by atoms with van der Waals surface area (Å²) in [6.45, 7) is 0.625. The van der Waals surface area contributed by atoms with E-state index in [9.17, 15) is 4.79 Å². The molecule has 1 atom stereocenters. The van der Waals surface area contributed by atoms with Crippen molar-refractivity contribution in [2.45, 2.75) is 18.9 Å². The number of H-pyrrole nitrogens is 1. The summed E-state index contributed by atoms with van der Waals surface area (Å²) in [5.74, 6) is 0.558. The molecule has 1 saturated heterocycles. The fourth-order valence-electron chi connectivity index (χ4n) is 2.88. The van der Waals surface area contributed by atoms with Crippen LogP contribution < -0.4 is 5.32 Å². The number of nitrogens with zero attached hydrogens (tertiary/aromatic N) is 1. The van der Waals surface area contributed by atoms with E-state index in [1.807, 2.05) is 30.3 Å². The third kappa shape index (κ3) is 3.42. The third-order valence-corrected chi connectivity index (χ3v) is 4.99. The van der Waals surface area contributed by atoms with E-state index < -0.39 is 6.10 Å². The molecule has 2 heterocycles. The van der Waals surface area contributed by atoms with E-state index in [4.69, 9.17) is 16.3 Å². The average molecular weight is 421 g/mol. The number of hydrogen-bond acceptors (Lipinski definition) is 3. The summed E-state index contributed by atoms with van der Waals surface area (Å²) in [6.07, 6.45) is 1.24. The highest BCUT2D eigenvalue weighted by atomic mass is 79.9. The Bertz CT molecular complexity index is 951. The van der Waals surface area contributed by atoms with Crippen LogP contribution in [-0.2, 0) is 9.53 Å². The van der Waals surface area contributed by atoms with Crippen LogP contribution >= 0.6 is 27.5 Å². The van der Waals surface area contributed by atoms with E-state index in [1.165, 1.54) is 0 Å². The second-order valence-electron chi connectivity index (χ2n) is 5.93. The molecule has 1 aliphatic rings. The number of anilines is 1. The van der Waals surface area contributed by atoms with Crippen molar-refractivity contribution in [3.8, 4) is 11.4 Å². The fraction of sp³-hybridized carbons (Fsp3) is 0.222. The van der Waals surface area contributed by atoms with Gasteiger partial charge in [-0.05, 0) is 49.2 Å². The first-order chi connectivity index (χ1) is 12.1. The standard InChI is InChI=1S/C18H15BrClN3O2/c19-11-4-6-13-15(9-11)22-17(21-13)10-3-5-12(20)14(8-10)23-18(24)16-2-1-7-25-16/h3-6,8-9,16H,1-2,7H2,(H,21,22)(H,23,24)/t16-/m0/s1. The van der Waals surface area contributed by atoms with Gasteiger partial charge >= 0.3 is 0 Å². The highest BCUT2D eigenvalue weighted by Gasteiger charge is 2.24. The molecule has 1 aromatic heterocycles. The van der Waals surface area contributed by atoms with Crippen LogP contribution in [0.3, 0.4) is 0 Å². The molecule has 0 aliphatic carbocycles. The number of fused-ring (bicyclic) bond motifs is 1. The van der Waals surface area contributed by atoms with Crippen LogP contribution in [0.2, 0.25) is 5.02 Å². The lowest BCUT2D eigenvalue weighted by Crippen LogP contribution is -2.26. The molecule has 0 unspecified atom stereocenters. The van der Waals surface area contributed by atoms with Crippen molar-refractivity contribution in [3.05, 3.63) is 45.9 Å². The molecule has 2 N–H and O–H groups in total. The van der Waals surface area contributed by atoms with Gasteiger partial charge in [0.05, 0.1) is 21.7 Å². The van der Waals surface area contributed by atoms with Crippen LogP contribution in [0, 0.1) is 0 Å². The van der Waals surface area contributed by atoms with Crippen molar-refractivity contribution in [1.82, 2.24) is 9.97 Å². The number of aromatic amines is 1. The number of ether oxygens (including phenoxy) is 1. The summed E-state index contributed by atoms with van der Waals surface area (Å²) < 4.78 is 6.40. The summed E-state index contributed by atoms with van der Waals surface area (Å²) in [4.78, 5) is 20.2. The van der Waals surface area contributed by atoms with E-state index in [1.54, 1.807) is 6.07 Å². The summed E-state index contributed by atoms with van der Waals surface area (Å²) in [5, 5.41) is 3.34. The lowest BCUT2D eigenvalue weighted by Gasteiger charge is -2.12. The average Bonchev–Trinajstić information content (AvgIpc) is 3.25. The maximum atomic E-state index is 12.3. The van der Waals surface area contributed by atoms with E-state index in [0.29, 0.717) is 17.3 Å². The van der Waals surface area contributed by atoms with Crippen LogP contribution in [-0.4, -0.2) is 28.6 Å². The van der Waals surface area contributed by atoms with Crippen LogP contribution in [0.15, 0.2) is 40.9 Å². The van der Waals surface area contributed by atoms with Gasteiger partial charge in [0.15, 0.2) is 0 Å². The lowest BCUT2D eigenvalue weighted by molar-refractivity contribution is -0.124. The van der Waals surface area contributed by atoms with E-state index in [2.05, 4.69) is 31.2 Å². The lowest BCUT2D eigenvalue weighted by atomic mass is 10.1. The Kier molecular flexibility index (Phi) is 4.50. The Labute approximate surface area is 157 Å². The Balaban J connectivity index is 1.64. The van der Waals surface area contributed by atoms with Gasteiger partial charge in [-0.25, -0.2) is 4.98 Å². The van der Waals surface area contributed by atoms with Gasteiger partial charge in [-0.3, -0.25) is 4.79 Å². The normalized spacial score (nSPS) is 17.1. The van der Waals surface area contributed by atoms with E-state index in [0.717, 1.165) is 39.7 Å². The Morgan fingerprint density at radius 3 is 3.00 bits per heavy atom. The highest BCUT2D eigenvalue weighted by Crippen LogP contribution is 2.30. The van der Waals surface area contributed by atoms with Gasteiger partial charge in [-0.15, -0.1) is 0 Å². The quantitative estimate of drug-likeness (QED) is 0.642. The first-order valence-corrected chi connectivity index (χ1v) is 9.15. The number of amides is 1. The Morgan fingerprint density at radius 1 is 1.32 bits per heavy atom. The maximum Gasteiger partial charge on any atom is 0.253 e. The molecule has 0 radical (unpaired) electrons. The van der Waals surface area contributed by atoms with Gasteiger partial charge in [0.2, 0.25) is 0 Å². The van der Waals surface area contributed by atoms with Gasteiger partial charge in [0.25, 0.3) is 5.91 Å². The molecule has 3 aromatic rings. The maximum absolute atomic E-state index is 12.3. The van der Waals surface area contributed by atoms with Crippen LogP contribution in [0.25, 0.3) is 22.4 Å². The number of aromatic nitrogens is 2. The Morgan fingerprint density at radius 2 is 2.20 bits per heavy atom. The second-order valence-corrected chi connectivity index (χ2v) is 7.26. The summed E-state index contributed by atoms with van der Waals surface area (Å²) in [6, 6.07) is 11.3. The molecule has 2 aromatic carbocycles.